The van der Waals surface area contributed by atoms with Gasteiger partial charge in [0.15, 0.2) is 0 Å². The summed E-state index contributed by atoms with van der Waals surface area (Å²) in [6, 6.07) is 7.87. The molecule has 0 fully saturated rings. The van der Waals surface area contributed by atoms with Crippen molar-refractivity contribution >= 4 is 21.6 Å². The predicted molar refractivity (Wildman–Crippen MR) is 69.4 cm³/mol. The Morgan fingerprint density at radius 1 is 1.31 bits per heavy atom. The lowest BCUT2D eigenvalue weighted by molar-refractivity contribution is 0.660. The van der Waals surface area contributed by atoms with Crippen LogP contribution < -0.4 is 5.73 Å². The van der Waals surface area contributed by atoms with E-state index in [1.165, 1.54) is 0 Å². The Morgan fingerprint density at radius 2 is 2.00 bits per heavy atom. The molecule has 84 valence electrons. The summed E-state index contributed by atoms with van der Waals surface area (Å²) in [4.78, 5) is 0. The van der Waals surface area contributed by atoms with E-state index in [0.717, 1.165) is 27.1 Å². The van der Waals surface area contributed by atoms with E-state index in [2.05, 4.69) is 21.0 Å². The van der Waals surface area contributed by atoms with Gasteiger partial charge in [-0.3, -0.25) is 4.68 Å². The minimum absolute atomic E-state index is 0.713. The summed E-state index contributed by atoms with van der Waals surface area (Å²) in [5, 5.41) is 4.46. The van der Waals surface area contributed by atoms with Gasteiger partial charge < -0.3 is 5.73 Å². The summed E-state index contributed by atoms with van der Waals surface area (Å²) in [7, 11) is 0. The molecule has 0 aliphatic carbocycles. The average Bonchev–Trinajstić information content (AvgIpc) is 2.50. The molecule has 3 nitrogen and oxygen atoms in total. The van der Waals surface area contributed by atoms with Gasteiger partial charge in [-0.25, -0.2) is 0 Å². The lowest BCUT2D eigenvalue weighted by atomic mass is 10.2. The fourth-order valence-corrected chi connectivity index (χ4v) is 1.95. The third-order valence-corrected chi connectivity index (χ3v) is 3.82. The van der Waals surface area contributed by atoms with Gasteiger partial charge in [0.1, 0.15) is 0 Å². The molecule has 0 saturated heterocycles. The Bertz CT molecular complexity index is 517. The maximum atomic E-state index is 5.91. The molecular weight excluding hydrogens is 266 g/mol. The van der Waals surface area contributed by atoms with Crippen LogP contribution in [0.15, 0.2) is 28.7 Å². The zero-order chi connectivity index (χ0) is 11.7. The highest BCUT2D eigenvalue weighted by Gasteiger charge is 2.09. The van der Waals surface area contributed by atoms with Crippen LogP contribution in [-0.2, 0) is 6.54 Å². The molecule has 0 amide bonds. The molecule has 0 spiro atoms. The molecule has 2 aromatic rings. The molecular formula is C12H14BrN3. The monoisotopic (exact) mass is 279 g/mol. The topological polar surface area (TPSA) is 43.8 Å². The number of benzene rings is 1. The zero-order valence-electron chi connectivity index (χ0n) is 9.37. The van der Waals surface area contributed by atoms with Gasteiger partial charge in [0.05, 0.1) is 22.4 Å². The number of rotatable bonds is 2. The predicted octanol–water partition coefficient (Wildman–Crippen LogP) is 2.89. The number of aryl methyl sites for hydroxylation is 1. The summed E-state index contributed by atoms with van der Waals surface area (Å²) in [6.07, 6.45) is 0. The molecule has 0 aliphatic heterocycles. The van der Waals surface area contributed by atoms with Gasteiger partial charge >= 0.3 is 0 Å². The van der Waals surface area contributed by atoms with Crippen molar-refractivity contribution in [3.63, 3.8) is 0 Å². The number of nitrogen functional groups attached to an aromatic ring is 1. The van der Waals surface area contributed by atoms with Crippen molar-refractivity contribution < 1.29 is 0 Å². The van der Waals surface area contributed by atoms with E-state index >= 15 is 0 Å². The van der Waals surface area contributed by atoms with E-state index in [4.69, 9.17) is 5.73 Å². The molecule has 2 rings (SSSR count). The van der Waals surface area contributed by atoms with Crippen molar-refractivity contribution in [3.8, 4) is 0 Å². The highest BCUT2D eigenvalue weighted by molar-refractivity contribution is 9.10. The van der Waals surface area contributed by atoms with Crippen LogP contribution in [0.5, 0.6) is 0 Å². The maximum Gasteiger partial charge on any atom is 0.0738 e. The number of aromatic nitrogens is 2. The highest BCUT2D eigenvalue weighted by atomic mass is 79.9. The molecule has 0 radical (unpaired) electrons. The number of halogens is 1. The number of hydrogen-bond donors (Lipinski definition) is 1. The smallest absolute Gasteiger partial charge is 0.0738 e. The fourth-order valence-electron chi connectivity index (χ4n) is 1.67. The van der Waals surface area contributed by atoms with Crippen molar-refractivity contribution in [1.29, 1.82) is 0 Å². The molecule has 0 aliphatic rings. The Kier molecular flexibility index (Phi) is 3.01. The molecule has 16 heavy (non-hydrogen) atoms. The van der Waals surface area contributed by atoms with Crippen LogP contribution in [0.4, 0.5) is 5.69 Å². The molecule has 1 aromatic heterocycles. The fraction of sp³-hybridized carbons (Fsp3) is 0.250. The second-order valence-electron chi connectivity index (χ2n) is 3.84. The van der Waals surface area contributed by atoms with Crippen molar-refractivity contribution in [2.75, 3.05) is 5.73 Å². The Hall–Kier alpha value is -1.29. The third kappa shape index (κ3) is 1.97. The lowest BCUT2D eigenvalue weighted by Crippen LogP contribution is -2.06. The Labute approximate surface area is 103 Å². The minimum atomic E-state index is 0.713. The molecule has 2 N–H and O–H groups in total. The van der Waals surface area contributed by atoms with Gasteiger partial charge in [0, 0.05) is 5.69 Å². The van der Waals surface area contributed by atoms with Crippen LogP contribution in [0.2, 0.25) is 0 Å². The van der Waals surface area contributed by atoms with Crippen LogP contribution in [-0.4, -0.2) is 9.78 Å². The molecule has 1 aromatic carbocycles. The average molecular weight is 280 g/mol. The van der Waals surface area contributed by atoms with E-state index in [-0.39, 0.29) is 0 Å². The van der Waals surface area contributed by atoms with E-state index in [9.17, 15) is 0 Å². The largest absolute Gasteiger partial charge is 0.398 e. The summed E-state index contributed by atoms with van der Waals surface area (Å²) in [5.41, 5.74) is 9.95. The summed E-state index contributed by atoms with van der Waals surface area (Å²) >= 11 is 3.52. The highest BCUT2D eigenvalue weighted by Crippen LogP contribution is 2.21. The molecule has 4 heteroatoms. The summed E-state index contributed by atoms with van der Waals surface area (Å²) in [5.74, 6) is 0. The van der Waals surface area contributed by atoms with E-state index in [1.807, 2.05) is 42.8 Å². The first-order chi connectivity index (χ1) is 7.59. The summed E-state index contributed by atoms with van der Waals surface area (Å²) in [6.45, 7) is 4.75. The standard InChI is InChI=1S/C12H14BrN3/c1-8-12(13)9(2)16(15-8)7-10-5-3-4-6-11(10)14/h3-6H,7,14H2,1-2H3. The SMILES string of the molecule is Cc1nn(Cc2ccccc2N)c(C)c1Br. The van der Waals surface area contributed by atoms with Gasteiger partial charge in [-0.2, -0.15) is 5.10 Å². The number of hydrogen-bond acceptors (Lipinski definition) is 2. The van der Waals surface area contributed by atoms with Crippen molar-refractivity contribution in [1.82, 2.24) is 9.78 Å². The van der Waals surface area contributed by atoms with Gasteiger partial charge in [0.25, 0.3) is 0 Å². The molecule has 0 atom stereocenters. The Balaban J connectivity index is 2.34. The number of nitrogens with two attached hydrogens (primary N) is 1. The third-order valence-electron chi connectivity index (χ3n) is 2.67. The lowest BCUT2D eigenvalue weighted by Gasteiger charge is -2.07. The molecule has 0 bridgehead atoms. The van der Waals surface area contributed by atoms with Crippen LogP contribution in [0.1, 0.15) is 17.0 Å². The van der Waals surface area contributed by atoms with Crippen molar-refractivity contribution in [2.45, 2.75) is 20.4 Å². The maximum absolute atomic E-state index is 5.91. The van der Waals surface area contributed by atoms with E-state index in [1.54, 1.807) is 0 Å². The van der Waals surface area contributed by atoms with Gasteiger partial charge in [-0.15, -0.1) is 0 Å². The van der Waals surface area contributed by atoms with Crippen molar-refractivity contribution in [3.05, 3.63) is 45.7 Å². The minimum Gasteiger partial charge on any atom is -0.398 e. The second kappa shape index (κ2) is 4.29. The van der Waals surface area contributed by atoms with Crippen LogP contribution in [0.3, 0.4) is 0 Å². The van der Waals surface area contributed by atoms with Gasteiger partial charge in [0.2, 0.25) is 0 Å². The molecule has 0 saturated carbocycles. The quantitative estimate of drug-likeness (QED) is 0.860. The molecule has 0 unspecified atom stereocenters. The normalized spacial score (nSPS) is 10.7. The number of anilines is 1. The first kappa shape index (κ1) is 11.2. The summed E-state index contributed by atoms with van der Waals surface area (Å²) < 4.78 is 3.03. The van der Waals surface area contributed by atoms with E-state index in [0.29, 0.717) is 6.54 Å². The van der Waals surface area contributed by atoms with E-state index < -0.39 is 0 Å². The first-order valence-electron chi connectivity index (χ1n) is 5.12. The van der Waals surface area contributed by atoms with Gasteiger partial charge in [-0.1, -0.05) is 18.2 Å². The number of nitrogens with zero attached hydrogens (tertiary/aromatic N) is 2. The second-order valence-corrected chi connectivity index (χ2v) is 4.63. The van der Waals surface area contributed by atoms with Crippen LogP contribution in [0, 0.1) is 13.8 Å². The van der Waals surface area contributed by atoms with Crippen LogP contribution in [0.25, 0.3) is 0 Å². The number of para-hydroxylation sites is 1. The van der Waals surface area contributed by atoms with Gasteiger partial charge in [-0.05, 0) is 41.4 Å². The van der Waals surface area contributed by atoms with Crippen molar-refractivity contribution in [2.24, 2.45) is 0 Å². The first-order valence-corrected chi connectivity index (χ1v) is 5.92. The zero-order valence-corrected chi connectivity index (χ0v) is 11.0. The Morgan fingerprint density at radius 3 is 2.56 bits per heavy atom. The molecule has 1 heterocycles. The van der Waals surface area contributed by atoms with Crippen LogP contribution >= 0.6 is 15.9 Å².